The summed E-state index contributed by atoms with van der Waals surface area (Å²) in [6.07, 6.45) is 5.79. The summed E-state index contributed by atoms with van der Waals surface area (Å²) in [4.78, 5) is 26.4. The molecule has 0 aromatic carbocycles. The minimum absolute atomic E-state index is 0.146. The van der Waals surface area contributed by atoms with Gasteiger partial charge in [-0.2, -0.15) is 0 Å². The fourth-order valence-electron chi connectivity index (χ4n) is 3.42. The lowest BCUT2D eigenvalue weighted by Crippen LogP contribution is -2.49. The molecule has 0 atom stereocenters. The molecule has 3 heterocycles. The molecule has 3 rings (SSSR count). The molecule has 6 nitrogen and oxygen atoms in total. The molecule has 0 spiro atoms. The Morgan fingerprint density at radius 2 is 1.91 bits per heavy atom. The van der Waals surface area contributed by atoms with Crippen LogP contribution in [0.15, 0.2) is 23.1 Å². The number of hydrogen-bond donors (Lipinski definition) is 1. The molecule has 1 aromatic heterocycles. The lowest BCUT2D eigenvalue weighted by Gasteiger charge is -2.39. The highest BCUT2D eigenvalue weighted by Crippen LogP contribution is 2.20. The van der Waals surface area contributed by atoms with Crippen molar-refractivity contribution in [2.75, 3.05) is 26.3 Å². The molecule has 0 aliphatic carbocycles. The lowest BCUT2D eigenvalue weighted by atomic mass is 9.99. The zero-order chi connectivity index (χ0) is 16.2. The first-order chi connectivity index (χ1) is 11.1. The molecule has 1 amide bonds. The van der Waals surface area contributed by atoms with E-state index < -0.39 is 0 Å². The van der Waals surface area contributed by atoms with Crippen LogP contribution in [0.3, 0.4) is 0 Å². The Bertz CT molecular complexity index is 599. The van der Waals surface area contributed by atoms with Crippen molar-refractivity contribution in [3.8, 4) is 0 Å². The summed E-state index contributed by atoms with van der Waals surface area (Å²) in [5, 5.41) is 3.07. The van der Waals surface area contributed by atoms with Crippen LogP contribution in [0.25, 0.3) is 0 Å². The number of aryl methyl sites for hydroxylation is 1. The van der Waals surface area contributed by atoms with Crippen LogP contribution in [0.2, 0.25) is 0 Å². The van der Waals surface area contributed by atoms with Gasteiger partial charge in [-0.3, -0.25) is 9.59 Å². The number of amides is 1. The quantitative estimate of drug-likeness (QED) is 0.893. The van der Waals surface area contributed by atoms with Gasteiger partial charge in [-0.25, -0.2) is 0 Å². The molecule has 0 bridgehead atoms. The number of carbonyl (C=O) groups excluding carboxylic acids is 1. The summed E-state index contributed by atoms with van der Waals surface area (Å²) in [6, 6.07) is 3.92. The van der Waals surface area contributed by atoms with Crippen LogP contribution in [-0.2, 0) is 11.8 Å². The van der Waals surface area contributed by atoms with E-state index >= 15 is 0 Å². The second-order valence-corrected chi connectivity index (χ2v) is 6.49. The Morgan fingerprint density at radius 3 is 2.57 bits per heavy atom. The summed E-state index contributed by atoms with van der Waals surface area (Å²) in [5.41, 5.74) is 0.284. The Kier molecular flexibility index (Phi) is 5.13. The van der Waals surface area contributed by atoms with E-state index in [0.29, 0.717) is 11.6 Å². The number of carbonyl (C=O) groups is 1. The van der Waals surface area contributed by atoms with Gasteiger partial charge in [-0.15, -0.1) is 0 Å². The van der Waals surface area contributed by atoms with E-state index in [9.17, 15) is 9.59 Å². The largest absolute Gasteiger partial charge is 0.381 e. The van der Waals surface area contributed by atoms with Crippen LogP contribution < -0.4 is 10.9 Å². The summed E-state index contributed by atoms with van der Waals surface area (Å²) in [5.74, 6) is -0.146. The molecule has 2 fully saturated rings. The Labute approximate surface area is 136 Å². The molecular weight excluding hydrogens is 294 g/mol. The van der Waals surface area contributed by atoms with E-state index in [0.717, 1.165) is 52.0 Å². The average Bonchev–Trinajstić information content (AvgIpc) is 2.59. The van der Waals surface area contributed by atoms with Crippen molar-refractivity contribution in [3.63, 3.8) is 0 Å². The van der Waals surface area contributed by atoms with E-state index in [1.54, 1.807) is 19.3 Å². The van der Waals surface area contributed by atoms with Crippen LogP contribution >= 0.6 is 0 Å². The maximum atomic E-state index is 12.3. The zero-order valence-corrected chi connectivity index (χ0v) is 13.7. The number of ether oxygens (including phenoxy) is 1. The number of nitrogens with zero attached hydrogens (tertiary/aromatic N) is 2. The van der Waals surface area contributed by atoms with Crippen molar-refractivity contribution in [3.05, 3.63) is 34.2 Å². The number of hydrogen-bond acceptors (Lipinski definition) is 4. The fraction of sp³-hybridized carbons (Fsp3) is 0.647. The van der Waals surface area contributed by atoms with Crippen molar-refractivity contribution in [1.29, 1.82) is 0 Å². The molecule has 0 radical (unpaired) electrons. The highest BCUT2D eigenvalue weighted by molar-refractivity contribution is 5.94. The minimum atomic E-state index is -0.160. The molecule has 23 heavy (non-hydrogen) atoms. The summed E-state index contributed by atoms with van der Waals surface area (Å²) in [7, 11) is 1.68. The number of nitrogens with one attached hydrogen (secondary N) is 1. The molecule has 2 aliphatic heterocycles. The molecule has 1 aromatic rings. The van der Waals surface area contributed by atoms with Crippen LogP contribution in [-0.4, -0.2) is 53.8 Å². The second-order valence-electron chi connectivity index (χ2n) is 6.49. The van der Waals surface area contributed by atoms with Crippen LogP contribution in [0, 0.1) is 0 Å². The van der Waals surface area contributed by atoms with Crippen molar-refractivity contribution in [2.24, 2.45) is 7.05 Å². The van der Waals surface area contributed by atoms with Crippen molar-refractivity contribution < 1.29 is 9.53 Å². The molecule has 1 N–H and O–H groups in total. The van der Waals surface area contributed by atoms with Crippen LogP contribution in [0.4, 0.5) is 0 Å². The van der Waals surface area contributed by atoms with Gasteiger partial charge < -0.3 is 19.5 Å². The third-order valence-electron chi connectivity index (χ3n) is 4.94. The first-order valence-corrected chi connectivity index (χ1v) is 8.43. The van der Waals surface area contributed by atoms with E-state index in [1.165, 1.54) is 10.6 Å². The molecule has 0 saturated carbocycles. The number of rotatable bonds is 3. The molecule has 126 valence electrons. The smallest absolute Gasteiger partial charge is 0.251 e. The number of pyridine rings is 1. The van der Waals surface area contributed by atoms with E-state index in [4.69, 9.17) is 4.74 Å². The van der Waals surface area contributed by atoms with Gasteiger partial charge in [0, 0.05) is 63.3 Å². The van der Waals surface area contributed by atoms with Gasteiger partial charge in [0.15, 0.2) is 0 Å². The van der Waals surface area contributed by atoms with Gasteiger partial charge in [0.25, 0.3) is 11.5 Å². The van der Waals surface area contributed by atoms with E-state index in [1.807, 2.05) is 0 Å². The van der Waals surface area contributed by atoms with Crippen LogP contribution in [0.1, 0.15) is 36.0 Å². The summed E-state index contributed by atoms with van der Waals surface area (Å²) < 4.78 is 6.88. The first kappa shape index (κ1) is 16.2. The normalized spacial score (nSPS) is 21.3. The molecule has 2 saturated heterocycles. The Morgan fingerprint density at radius 1 is 1.22 bits per heavy atom. The van der Waals surface area contributed by atoms with Gasteiger partial charge in [0.1, 0.15) is 0 Å². The average molecular weight is 319 g/mol. The monoisotopic (exact) mass is 319 g/mol. The fourth-order valence-corrected chi connectivity index (χ4v) is 3.42. The summed E-state index contributed by atoms with van der Waals surface area (Å²) >= 11 is 0. The predicted molar refractivity (Wildman–Crippen MR) is 87.6 cm³/mol. The standard InChI is InChI=1S/C17H25N3O3/c1-19-7-2-13(12-16(19)21)17(22)18-14-3-8-20(9-4-14)15-5-10-23-11-6-15/h2,7,12,14-15H,3-6,8-11H2,1H3,(H,18,22). The van der Waals surface area contributed by atoms with Gasteiger partial charge >= 0.3 is 0 Å². The summed E-state index contributed by atoms with van der Waals surface area (Å²) in [6.45, 7) is 3.77. The Balaban J connectivity index is 1.50. The molecule has 2 aliphatic rings. The van der Waals surface area contributed by atoms with Gasteiger partial charge in [0.2, 0.25) is 0 Å². The molecule has 0 unspecified atom stereocenters. The highest BCUT2D eigenvalue weighted by atomic mass is 16.5. The highest BCUT2D eigenvalue weighted by Gasteiger charge is 2.27. The van der Waals surface area contributed by atoms with Gasteiger partial charge in [-0.1, -0.05) is 0 Å². The maximum Gasteiger partial charge on any atom is 0.251 e. The number of piperidine rings is 1. The number of likely N-dealkylation sites (tertiary alicyclic amines) is 1. The van der Waals surface area contributed by atoms with Crippen molar-refractivity contribution in [1.82, 2.24) is 14.8 Å². The zero-order valence-electron chi connectivity index (χ0n) is 13.7. The van der Waals surface area contributed by atoms with Crippen molar-refractivity contribution in [2.45, 2.75) is 37.8 Å². The lowest BCUT2D eigenvalue weighted by molar-refractivity contribution is 0.0238. The van der Waals surface area contributed by atoms with Crippen molar-refractivity contribution >= 4 is 5.91 Å². The van der Waals surface area contributed by atoms with E-state index in [-0.39, 0.29) is 17.5 Å². The first-order valence-electron chi connectivity index (χ1n) is 8.43. The minimum Gasteiger partial charge on any atom is -0.381 e. The second kappa shape index (κ2) is 7.27. The molecular formula is C17H25N3O3. The SMILES string of the molecule is Cn1ccc(C(=O)NC2CCN(C3CCOCC3)CC2)cc1=O. The number of aromatic nitrogens is 1. The predicted octanol–water partition coefficient (Wildman–Crippen LogP) is 0.759. The Hall–Kier alpha value is -1.66. The van der Waals surface area contributed by atoms with Gasteiger partial charge in [0.05, 0.1) is 0 Å². The topological polar surface area (TPSA) is 63.6 Å². The van der Waals surface area contributed by atoms with Gasteiger partial charge in [-0.05, 0) is 31.7 Å². The third kappa shape index (κ3) is 4.00. The third-order valence-corrected chi connectivity index (χ3v) is 4.94. The molecule has 6 heteroatoms. The van der Waals surface area contributed by atoms with Crippen LogP contribution in [0.5, 0.6) is 0 Å². The van der Waals surface area contributed by atoms with E-state index in [2.05, 4.69) is 10.2 Å². The maximum absolute atomic E-state index is 12.3.